The Hall–Kier alpha value is -0.100. The Kier molecular flexibility index (Phi) is 5.29. The van der Waals surface area contributed by atoms with Gasteiger partial charge in [-0.3, -0.25) is 4.79 Å². The molecule has 2 aliphatic heterocycles. The molecule has 0 saturated carbocycles. The molecule has 2 atom stereocenters. The third-order valence-corrected chi connectivity index (χ3v) is 5.70. The summed E-state index contributed by atoms with van der Waals surface area (Å²) in [5.74, 6) is 1.76. The second kappa shape index (κ2) is 6.57. The summed E-state index contributed by atoms with van der Waals surface area (Å²) in [6.07, 6.45) is 2.30. The zero-order valence-electron chi connectivity index (χ0n) is 10.6. The number of nitrogens with one attached hydrogen (secondary N) is 1. The molecule has 1 N–H and O–H groups in total. The van der Waals surface area contributed by atoms with Crippen LogP contribution in [0, 0.1) is 11.8 Å². The molecular formula is C13H18BrClN2OS. The van der Waals surface area contributed by atoms with Gasteiger partial charge >= 0.3 is 0 Å². The van der Waals surface area contributed by atoms with Crippen LogP contribution in [0.2, 0.25) is 0 Å². The second-order valence-electron chi connectivity index (χ2n) is 5.15. The van der Waals surface area contributed by atoms with Gasteiger partial charge in [0.1, 0.15) is 0 Å². The standard InChI is InChI=1S/C13H17BrN2OS.ClH/c14-12-2-1-11(18-12)13(17)16-5-3-9-7-15-8-10(9)4-6-16;/h1-2,9-10,15H,3-8H2;1H/t9-,10+;. The molecule has 0 radical (unpaired) electrons. The van der Waals surface area contributed by atoms with E-state index in [-0.39, 0.29) is 18.3 Å². The minimum Gasteiger partial charge on any atom is -0.338 e. The summed E-state index contributed by atoms with van der Waals surface area (Å²) in [4.78, 5) is 15.3. The van der Waals surface area contributed by atoms with Crippen molar-refractivity contribution in [3.63, 3.8) is 0 Å². The maximum Gasteiger partial charge on any atom is 0.263 e. The number of hydrogen-bond acceptors (Lipinski definition) is 3. The number of nitrogens with zero attached hydrogens (tertiary/aromatic N) is 1. The Balaban J connectivity index is 0.00000133. The molecule has 19 heavy (non-hydrogen) atoms. The largest absolute Gasteiger partial charge is 0.338 e. The van der Waals surface area contributed by atoms with Crippen LogP contribution in [0.25, 0.3) is 0 Å². The van der Waals surface area contributed by atoms with Crippen LogP contribution in [0.5, 0.6) is 0 Å². The molecule has 0 aliphatic carbocycles. The molecule has 0 unspecified atom stereocenters. The van der Waals surface area contributed by atoms with Gasteiger partial charge in [-0.2, -0.15) is 0 Å². The van der Waals surface area contributed by atoms with Gasteiger partial charge in [-0.1, -0.05) is 0 Å². The van der Waals surface area contributed by atoms with Crippen molar-refractivity contribution in [2.45, 2.75) is 12.8 Å². The molecule has 3 nitrogen and oxygen atoms in total. The lowest BCUT2D eigenvalue weighted by Gasteiger charge is -2.20. The minimum atomic E-state index is 0. The van der Waals surface area contributed by atoms with Gasteiger partial charge in [0.15, 0.2) is 0 Å². The molecule has 0 aromatic carbocycles. The number of carbonyl (C=O) groups is 1. The Morgan fingerprint density at radius 2 is 1.89 bits per heavy atom. The van der Waals surface area contributed by atoms with E-state index in [1.807, 2.05) is 17.0 Å². The first-order chi connectivity index (χ1) is 8.74. The molecule has 106 valence electrons. The smallest absolute Gasteiger partial charge is 0.263 e. The van der Waals surface area contributed by atoms with E-state index in [1.54, 1.807) is 0 Å². The molecular weight excluding hydrogens is 348 g/mol. The number of likely N-dealkylation sites (tertiary alicyclic amines) is 1. The van der Waals surface area contributed by atoms with E-state index in [1.165, 1.54) is 11.3 Å². The lowest BCUT2D eigenvalue weighted by molar-refractivity contribution is 0.0763. The van der Waals surface area contributed by atoms with Crippen LogP contribution in [0.15, 0.2) is 15.9 Å². The fourth-order valence-corrected chi connectivity index (χ4v) is 4.36. The SMILES string of the molecule is Cl.O=C(c1ccc(Br)s1)N1CC[C@@H]2CNC[C@@H]2CC1. The summed E-state index contributed by atoms with van der Waals surface area (Å²) in [5.41, 5.74) is 0. The molecule has 2 saturated heterocycles. The fraction of sp³-hybridized carbons (Fsp3) is 0.615. The third kappa shape index (κ3) is 3.32. The van der Waals surface area contributed by atoms with Gasteiger partial charge in [0, 0.05) is 13.1 Å². The molecule has 1 aromatic rings. The number of thiophene rings is 1. The Morgan fingerprint density at radius 3 is 2.42 bits per heavy atom. The lowest BCUT2D eigenvalue weighted by atomic mass is 9.92. The number of amides is 1. The quantitative estimate of drug-likeness (QED) is 0.830. The van der Waals surface area contributed by atoms with Crippen molar-refractivity contribution in [2.75, 3.05) is 26.2 Å². The molecule has 2 aliphatic rings. The van der Waals surface area contributed by atoms with Crippen molar-refractivity contribution in [2.24, 2.45) is 11.8 Å². The van der Waals surface area contributed by atoms with E-state index < -0.39 is 0 Å². The average Bonchev–Trinajstić information content (AvgIpc) is 2.94. The highest BCUT2D eigenvalue weighted by atomic mass is 79.9. The average molecular weight is 366 g/mol. The predicted octanol–water partition coefficient (Wildman–Crippen LogP) is 3.00. The highest BCUT2D eigenvalue weighted by molar-refractivity contribution is 9.11. The van der Waals surface area contributed by atoms with Crippen molar-refractivity contribution < 1.29 is 4.79 Å². The van der Waals surface area contributed by atoms with Gasteiger partial charge in [0.05, 0.1) is 8.66 Å². The first-order valence-electron chi connectivity index (χ1n) is 6.49. The molecule has 1 amide bonds. The number of halogens is 2. The van der Waals surface area contributed by atoms with Crippen molar-refractivity contribution in [1.82, 2.24) is 10.2 Å². The molecule has 3 heterocycles. The van der Waals surface area contributed by atoms with E-state index in [4.69, 9.17) is 0 Å². The fourth-order valence-electron chi connectivity index (χ4n) is 3.01. The molecule has 6 heteroatoms. The van der Waals surface area contributed by atoms with Crippen LogP contribution < -0.4 is 5.32 Å². The maximum absolute atomic E-state index is 12.4. The normalized spacial score (nSPS) is 26.5. The predicted molar refractivity (Wildman–Crippen MR) is 84.3 cm³/mol. The van der Waals surface area contributed by atoms with Gasteiger partial charge in [0.2, 0.25) is 0 Å². The van der Waals surface area contributed by atoms with E-state index in [2.05, 4.69) is 21.2 Å². The first-order valence-corrected chi connectivity index (χ1v) is 8.10. The zero-order chi connectivity index (χ0) is 12.5. The van der Waals surface area contributed by atoms with Gasteiger partial charge < -0.3 is 10.2 Å². The summed E-state index contributed by atoms with van der Waals surface area (Å²) in [6, 6.07) is 3.87. The number of hydrogen-bond donors (Lipinski definition) is 1. The molecule has 3 rings (SSSR count). The van der Waals surface area contributed by atoms with Crippen LogP contribution in [0.1, 0.15) is 22.5 Å². The van der Waals surface area contributed by atoms with E-state index in [0.29, 0.717) is 0 Å². The number of rotatable bonds is 1. The van der Waals surface area contributed by atoms with Gasteiger partial charge in [-0.05, 0) is 65.8 Å². The Bertz CT molecular complexity index is 440. The Morgan fingerprint density at radius 1 is 1.26 bits per heavy atom. The zero-order valence-corrected chi connectivity index (χ0v) is 13.8. The van der Waals surface area contributed by atoms with Gasteiger partial charge in [0.25, 0.3) is 5.91 Å². The molecule has 2 fully saturated rings. The topological polar surface area (TPSA) is 32.3 Å². The maximum atomic E-state index is 12.4. The van der Waals surface area contributed by atoms with Crippen LogP contribution in [-0.4, -0.2) is 37.0 Å². The summed E-state index contributed by atoms with van der Waals surface area (Å²) >= 11 is 4.95. The summed E-state index contributed by atoms with van der Waals surface area (Å²) in [7, 11) is 0. The van der Waals surface area contributed by atoms with Crippen molar-refractivity contribution in [1.29, 1.82) is 0 Å². The Labute approximate surface area is 132 Å². The lowest BCUT2D eigenvalue weighted by Crippen LogP contribution is -2.32. The number of carbonyl (C=O) groups excluding carboxylic acids is 1. The summed E-state index contributed by atoms with van der Waals surface area (Å²) in [5, 5.41) is 3.46. The van der Waals surface area contributed by atoms with Crippen molar-refractivity contribution in [3.05, 3.63) is 20.8 Å². The third-order valence-electron chi connectivity index (χ3n) is 4.09. The van der Waals surface area contributed by atoms with Crippen molar-refractivity contribution in [3.8, 4) is 0 Å². The van der Waals surface area contributed by atoms with Gasteiger partial charge in [-0.15, -0.1) is 23.7 Å². The van der Waals surface area contributed by atoms with Gasteiger partial charge in [-0.25, -0.2) is 0 Å². The van der Waals surface area contributed by atoms with Crippen molar-refractivity contribution >= 4 is 45.6 Å². The van der Waals surface area contributed by atoms with Crippen LogP contribution in [-0.2, 0) is 0 Å². The summed E-state index contributed by atoms with van der Waals surface area (Å²) in [6.45, 7) is 4.10. The highest BCUT2D eigenvalue weighted by Gasteiger charge is 2.31. The van der Waals surface area contributed by atoms with Crippen LogP contribution in [0.4, 0.5) is 0 Å². The van der Waals surface area contributed by atoms with Crippen LogP contribution in [0.3, 0.4) is 0 Å². The molecule has 1 aromatic heterocycles. The second-order valence-corrected chi connectivity index (χ2v) is 7.61. The van der Waals surface area contributed by atoms with E-state index in [0.717, 1.165) is 59.5 Å². The first kappa shape index (κ1) is 15.3. The van der Waals surface area contributed by atoms with Crippen LogP contribution >= 0.6 is 39.7 Å². The monoisotopic (exact) mass is 364 g/mol. The minimum absolute atomic E-state index is 0. The summed E-state index contributed by atoms with van der Waals surface area (Å²) < 4.78 is 1.03. The molecule has 0 bridgehead atoms. The highest BCUT2D eigenvalue weighted by Crippen LogP contribution is 2.29. The molecule has 0 spiro atoms. The van der Waals surface area contributed by atoms with E-state index in [9.17, 15) is 4.79 Å². The number of fused-ring (bicyclic) bond motifs is 1. The van der Waals surface area contributed by atoms with E-state index >= 15 is 0 Å².